The van der Waals surface area contributed by atoms with E-state index in [9.17, 15) is 17.6 Å². The lowest BCUT2D eigenvalue weighted by atomic mass is 10.2. The number of anilines is 2. The average Bonchev–Trinajstić information content (AvgIpc) is 2.49. The molecule has 0 atom stereocenters. The van der Waals surface area contributed by atoms with E-state index in [1.165, 1.54) is 6.21 Å². The molecule has 0 aliphatic heterocycles. The van der Waals surface area contributed by atoms with E-state index in [0.717, 1.165) is 5.69 Å². The first-order chi connectivity index (χ1) is 10.4. The van der Waals surface area contributed by atoms with E-state index in [0.29, 0.717) is 5.56 Å². The Hall–Kier alpha value is -2.64. The van der Waals surface area contributed by atoms with E-state index in [-0.39, 0.29) is 0 Å². The first kappa shape index (κ1) is 15.7. The van der Waals surface area contributed by atoms with Crippen LogP contribution < -0.4 is 10.3 Å². The fourth-order valence-corrected chi connectivity index (χ4v) is 1.62. The van der Waals surface area contributed by atoms with Gasteiger partial charge in [0.15, 0.2) is 0 Å². The minimum absolute atomic E-state index is 0.633. The molecule has 8 heteroatoms. The van der Waals surface area contributed by atoms with Gasteiger partial charge in [-0.1, -0.05) is 12.1 Å². The second-order valence-corrected chi connectivity index (χ2v) is 4.55. The van der Waals surface area contributed by atoms with Crippen molar-refractivity contribution in [2.75, 3.05) is 24.4 Å². The fourth-order valence-electron chi connectivity index (χ4n) is 1.62. The molecule has 4 nitrogen and oxygen atoms in total. The van der Waals surface area contributed by atoms with Crippen LogP contribution in [-0.4, -0.2) is 25.3 Å². The molecule has 116 valence electrons. The molecule has 1 aromatic carbocycles. The van der Waals surface area contributed by atoms with Gasteiger partial charge in [-0.05, 0) is 17.7 Å². The van der Waals surface area contributed by atoms with Gasteiger partial charge < -0.3 is 4.90 Å². The summed E-state index contributed by atoms with van der Waals surface area (Å²) in [4.78, 5) is 4.34. The molecule has 0 aliphatic carbocycles. The van der Waals surface area contributed by atoms with E-state index in [2.05, 4.69) is 10.1 Å². The summed E-state index contributed by atoms with van der Waals surface area (Å²) in [6.07, 6.45) is 1.26. The van der Waals surface area contributed by atoms with Crippen LogP contribution in [0.2, 0.25) is 0 Å². The zero-order chi connectivity index (χ0) is 16.3. The van der Waals surface area contributed by atoms with Crippen LogP contribution in [0.4, 0.5) is 28.9 Å². The van der Waals surface area contributed by atoms with Crippen LogP contribution in [0.15, 0.2) is 29.4 Å². The number of nitrogens with zero attached hydrogens (tertiary/aromatic N) is 3. The zero-order valence-electron chi connectivity index (χ0n) is 11.7. The Kier molecular flexibility index (Phi) is 4.59. The maximum absolute atomic E-state index is 13.3. The summed E-state index contributed by atoms with van der Waals surface area (Å²) in [5.74, 6) is -6.77. The number of nitrogens with one attached hydrogen (secondary N) is 1. The second kappa shape index (κ2) is 6.42. The Morgan fingerprint density at radius 1 is 1.00 bits per heavy atom. The summed E-state index contributed by atoms with van der Waals surface area (Å²) in [6, 6.07) is 7.07. The summed E-state index contributed by atoms with van der Waals surface area (Å²) >= 11 is 0. The third kappa shape index (κ3) is 3.33. The normalized spacial score (nSPS) is 11.0. The minimum Gasteiger partial charge on any atom is -0.378 e. The molecule has 0 spiro atoms. The van der Waals surface area contributed by atoms with Gasteiger partial charge in [-0.3, -0.25) is 5.43 Å². The molecule has 0 amide bonds. The molecule has 0 saturated carbocycles. The molecule has 1 heterocycles. The van der Waals surface area contributed by atoms with Gasteiger partial charge in [0.05, 0.1) is 6.21 Å². The highest BCUT2D eigenvalue weighted by atomic mass is 19.2. The minimum atomic E-state index is -1.74. The smallest absolute Gasteiger partial charge is 0.254 e. The van der Waals surface area contributed by atoms with Crippen LogP contribution in [0.25, 0.3) is 0 Å². The number of hydrogen-bond acceptors (Lipinski definition) is 4. The largest absolute Gasteiger partial charge is 0.378 e. The van der Waals surface area contributed by atoms with Crippen molar-refractivity contribution >= 4 is 17.6 Å². The highest BCUT2D eigenvalue weighted by Crippen LogP contribution is 2.21. The summed E-state index contributed by atoms with van der Waals surface area (Å²) in [5, 5.41) is 3.56. The summed E-state index contributed by atoms with van der Waals surface area (Å²) in [7, 11) is 3.76. The molecule has 0 saturated heterocycles. The van der Waals surface area contributed by atoms with E-state index < -0.39 is 29.2 Å². The van der Waals surface area contributed by atoms with E-state index >= 15 is 0 Å². The molecular formula is C14H12F4N4. The van der Waals surface area contributed by atoms with E-state index in [4.69, 9.17) is 0 Å². The molecule has 2 aromatic rings. The number of hydrogen-bond donors (Lipinski definition) is 1. The molecule has 22 heavy (non-hydrogen) atoms. The lowest BCUT2D eigenvalue weighted by molar-refractivity contribution is 0.411. The number of benzene rings is 1. The van der Waals surface area contributed by atoms with Crippen LogP contribution in [0.1, 0.15) is 5.56 Å². The van der Waals surface area contributed by atoms with Crippen LogP contribution >= 0.6 is 0 Å². The zero-order valence-corrected chi connectivity index (χ0v) is 11.7. The lowest BCUT2D eigenvalue weighted by Gasteiger charge is -2.11. The van der Waals surface area contributed by atoms with Crippen LogP contribution in [0.3, 0.4) is 0 Å². The second-order valence-electron chi connectivity index (χ2n) is 4.55. The predicted octanol–water partition coefficient (Wildman–Crippen LogP) is 3.15. The Balaban J connectivity index is 2.16. The Morgan fingerprint density at radius 2 is 1.55 bits per heavy atom. The predicted molar refractivity (Wildman–Crippen MR) is 76.1 cm³/mol. The molecule has 0 radical (unpaired) electrons. The maximum atomic E-state index is 13.3. The van der Waals surface area contributed by atoms with Crippen LogP contribution in [0, 0.1) is 23.5 Å². The molecule has 2 rings (SSSR count). The topological polar surface area (TPSA) is 40.5 Å². The summed E-state index contributed by atoms with van der Waals surface area (Å²) < 4.78 is 52.5. The Labute approximate surface area is 124 Å². The van der Waals surface area contributed by atoms with Crippen molar-refractivity contribution in [2.24, 2.45) is 5.10 Å². The quantitative estimate of drug-likeness (QED) is 0.408. The van der Waals surface area contributed by atoms with Crippen molar-refractivity contribution in [1.29, 1.82) is 0 Å². The molecule has 0 unspecified atom stereocenters. The van der Waals surface area contributed by atoms with Crippen molar-refractivity contribution in [2.45, 2.75) is 0 Å². The third-order valence-corrected chi connectivity index (χ3v) is 2.80. The highest BCUT2D eigenvalue weighted by molar-refractivity contribution is 5.81. The maximum Gasteiger partial charge on any atom is 0.254 e. The van der Waals surface area contributed by atoms with E-state index in [1.54, 1.807) is 12.1 Å². The van der Waals surface area contributed by atoms with Crippen molar-refractivity contribution in [3.8, 4) is 0 Å². The number of aromatic nitrogens is 1. The van der Waals surface area contributed by atoms with Crippen molar-refractivity contribution in [3.63, 3.8) is 0 Å². The first-order valence-electron chi connectivity index (χ1n) is 6.16. The lowest BCUT2D eigenvalue weighted by Crippen LogP contribution is -2.08. The number of hydrazone groups is 1. The third-order valence-electron chi connectivity index (χ3n) is 2.80. The fraction of sp³-hybridized carbons (Fsp3) is 0.143. The molecule has 0 fully saturated rings. The number of rotatable bonds is 4. The van der Waals surface area contributed by atoms with Crippen molar-refractivity contribution in [1.82, 2.24) is 4.98 Å². The standard InChI is InChI=1S/C14H12F4N4/c1-22(2)9-5-3-8(4-6-9)7-19-21-12-10(15)13(17)20-14(18)11(12)16/h3-7H,1-2H3,(H,20,21)/b19-7-. The molecule has 0 aliphatic rings. The van der Waals surface area contributed by atoms with Gasteiger partial charge in [-0.25, -0.2) is 0 Å². The van der Waals surface area contributed by atoms with Gasteiger partial charge >= 0.3 is 0 Å². The summed E-state index contributed by atoms with van der Waals surface area (Å²) in [5.41, 5.74) is 2.49. The van der Waals surface area contributed by atoms with Gasteiger partial charge in [-0.2, -0.15) is 27.6 Å². The number of pyridine rings is 1. The monoisotopic (exact) mass is 312 g/mol. The molecule has 1 aromatic heterocycles. The van der Waals surface area contributed by atoms with E-state index in [1.807, 2.05) is 36.6 Å². The van der Waals surface area contributed by atoms with Crippen molar-refractivity contribution in [3.05, 3.63) is 53.4 Å². The first-order valence-corrected chi connectivity index (χ1v) is 6.16. The highest BCUT2D eigenvalue weighted by Gasteiger charge is 2.20. The Morgan fingerprint density at radius 3 is 2.05 bits per heavy atom. The SMILES string of the molecule is CN(C)c1ccc(/C=N\Nc2c(F)c(F)nc(F)c2F)cc1. The average molecular weight is 312 g/mol. The Bertz CT molecular complexity index is 673. The molecular weight excluding hydrogens is 300 g/mol. The summed E-state index contributed by atoms with van der Waals surface area (Å²) in [6.45, 7) is 0. The van der Waals surface area contributed by atoms with Crippen LogP contribution in [0.5, 0.6) is 0 Å². The van der Waals surface area contributed by atoms with Gasteiger partial charge in [0, 0.05) is 19.8 Å². The van der Waals surface area contributed by atoms with Crippen molar-refractivity contribution < 1.29 is 17.6 Å². The van der Waals surface area contributed by atoms with Gasteiger partial charge in [0.2, 0.25) is 11.6 Å². The number of halogens is 4. The van der Waals surface area contributed by atoms with Gasteiger partial charge in [0.1, 0.15) is 5.69 Å². The van der Waals surface area contributed by atoms with Crippen LogP contribution in [-0.2, 0) is 0 Å². The van der Waals surface area contributed by atoms with Gasteiger partial charge in [-0.15, -0.1) is 0 Å². The van der Waals surface area contributed by atoms with Gasteiger partial charge in [0.25, 0.3) is 11.9 Å². The molecule has 1 N–H and O–H groups in total. The molecule has 0 bridgehead atoms.